The van der Waals surface area contributed by atoms with Gasteiger partial charge in [0.2, 0.25) is 5.91 Å². The van der Waals surface area contributed by atoms with E-state index in [4.69, 9.17) is 5.11 Å². The summed E-state index contributed by atoms with van der Waals surface area (Å²) in [6, 6.07) is 0. The molecule has 0 bridgehead atoms. The van der Waals surface area contributed by atoms with E-state index >= 15 is 0 Å². The Balaban J connectivity index is 1.82. The number of H-pyrrole nitrogens is 1. The molecule has 1 aromatic rings. The molecule has 7 heteroatoms. The van der Waals surface area contributed by atoms with Crippen molar-refractivity contribution in [2.24, 2.45) is 11.8 Å². The fourth-order valence-corrected chi connectivity index (χ4v) is 2.53. The van der Waals surface area contributed by atoms with Crippen molar-refractivity contribution in [2.45, 2.75) is 32.1 Å². The molecule has 1 amide bonds. The minimum absolute atomic E-state index is 0.161. The Labute approximate surface area is 110 Å². The van der Waals surface area contributed by atoms with Gasteiger partial charge in [-0.2, -0.15) is 5.10 Å². The highest BCUT2D eigenvalue weighted by Gasteiger charge is 2.35. The van der Waals surface area contributed by atoms with Gasteiger partial charge in [0.1, 0.15) is 12.2 Å². The van der Waals surface area contributed by atoms with Gasteiger partial charge in [0.15, 0.2) is 0 Å². The molecule has 7 nitrogen and oxygen atoms in total. The van der Waals surface area contributed by atoms with E-state index in [1.54, 1.807) is 0 Å². The van der Waals surface area contributed by atoms with Gasteiger partial charge in [-0.15, -0.1) is 0 Å². The number of hydrogen-bond donors (Lipinski definition) is 3. The first-order chi connectivity index (χ1) is 9.18. The molecule has 3 N–H and O–H groups in total. The number of hydrogen-bond acceptors (Lipinski definition) is 4. The molecule has 0 aromatic carbocycles. The summed E-state index contributed by atoms with van der Waals surface area (Å²) in [5, 5.41) is 18.3. The summed E-state index contributed by atoms with van der Waals surface area (Å²) < 4.78 is 0. The lowest BCUT2D eigenvalue weighted by Crippen LogP contribution is -2.40. The first-order valence-electron chi connectivity index (χ1n) is 6.53. The number of carbonyl (C=O) groups is 2. The molecule has 1 aliphatic rings. The number of nitrogens with one attached hydrogen (secondary N) is 2. The van der Waals surface area contributed by atoms with Crippen molar-refractivity contribution in [3.05, 3.63) is 12.2 Å². The fraction of sp³-hybridized carbons (Fsp3) is 0.667. The van der Waals surface area contributed by atoms with Gasteiger partial charge >= 0.3 is 5.97 Å². The van der Waals surface area contributed by atoms with Gasteiger partial charge in [-0.05, 0) is 12.8 Å². The van der Waals surface area contributed by atoms with Crippen LogP contribution < -0.4 is 5.32 Å². The van der Waals surface area contributed by atoms with E-state index in [0.29, 0.717) is 31.6 Å². The summed E-state index contributed by atoms with van der Waals surface area (Å²) in [6.07, 6.45) is 5.04. The molecular weight excluding hydrogens is 248 g/mol. The maximum absolute atomic E-state index is 12.0. The minimum Gasteiger partial charge on any atom is -0.481 e. The number of carbonyl (C=O) groups excluding carboxylic acids is 1. The Morgan fingerprint density at radius 2 is 2.11 bits per heavy atom. The van der Waals surface area contributed by atoms with Gasteiger partial charge in [0, 0.05) is 13.0 Å². The maximum Gasteiger partial charge on any atom is 0.307 e. The third-order valence-electron chi connectivity index (χ3n) is 3.55. The van der Waals surface area contributed by atoms with E-state index in [0.717, 1.165) is 12.8 Å². The predicted octanol–water partition coefficient (Wildman–Crippen LogP) is 0.354. The predicted molar refractivity (Wildman–Crippen MR) is 66.2 cm³/mol. The van der Waals surface area contributed by atoms with Crippen molar-refractivity contribution in [1.29, 1.82) is 0 Å². The Kier molecular flexibility index (Phi) is 4.48. The second-order valence-corrected chi connectivity index (χ2v) is 4.81. The molecule has 1 aromatic heterocycles. The highest BCUT2D eigenvalue weighted by Crippen LogP contribution is 2.30. The number of carboxylic acids is 1. The topological polar surface area (TPSA) is 108 Å². The lowest BCUT2D eigenvalue weighted by molar-refractivity contribution is -0.148. The summed E-state index contributed by atoms with van der Waals surface area (Å²) in [4.78, 5) is 27.1. The molecule has 1 heterocycles. The number of carboxylic acid groups (broad SMARTS) is 1. The van der Waals surface area contributed by atoms with Crippen molar-refractivity contribution in [2.75, 3.05) is 6.54 Å². The normalized spacial score (nSPS) is 22.9. The van der Waals surface area contributed by atoms with E-state index in [2.05, 4.69) is 20.5 Å². The third-order valence-corrected chi connectivity index (χ3v) is 3.55. The maximum atomic E-state index is 12.0. The first-order valence-corrected chi connectivity index (χ1v) is 6.53. The van der Waals surface area contributed by atoms with Gasteiger partial charge < -0.3 is 10.4 Å². The van der Waals surface area contributed by atoms with Crippen molar-refractivity contribution >= 4 is 11.9 Å². The van der Waals surface area contributed by atoms with Crippen LogP contribution in [0.4, 0.5) is 0 Å². The Morgan fingerprint density at radius 1 is 1.37 bits per heavy atom. The van der Waals surface area contributed by atoms with Crippen molar-refractivity contribution in [3.8, 4) is 0 Å². The van der Waals surface area contributed by atoms with Crippen molar-refractivity contribution < 1.29 is 14.7 Å². The molecule has 1 saturated carbocycles. The number of aromatic amines is 1. The lowest BCUT2D eigenvalue weighted by atomic mass is 9.79. The minimum atomic E-state index is -0.866. The zero-order chi connectivity index (χ0) is 13.7. The number of rotatable bonds is 5. The summed E-state index contributed by atoms with van der Waals surface area (Å²) >= 11 is 0. The van der Waals surface area contributed by atoms with E-state index in [-0.39, 0.29) is 5.91 Å². The Bertz CT molecular complexity index is 432. The van der Waals surface area contributed by atoms with Gasteiger partial charge in [-0.1, -0.05) is 12.8 Å². The standard InChI is InChI=1S/C12H18N4O3/c17-11(13-6-5-10-14-7-15-16-10)8-3-1-2-4-9(8)12(18)19/h7-9H,1-6H2,(H,13,17)(H,18,19)(H,14,15,16). The second-order valence-electron chi connectivity index (χ2n) is 4.81. The van der Waals surface area contributed by atoms with Gasteiger partial charge in [0.05, 0.1) is 11.8 Å². The highest BCUT2D eigenvalue weighted by atomic mass is 16.4. The largest absolute Gasteiger partial charge is 0.481 e. The number of nitrogens with zero attached hydrogens (tertiary/aromatic N) is 2. The highest BCUT2D eigenvalue weighted by molar-refractivity contribution is 5.84. The van der Waals surface area contributed by atoms with Gasteiger partial charge in [-0.25, -0.2) is 4.98 Å². The Morgan fingerprint density at radius 3 is 2.74 bits per heavy atom. The summed E-state index contributed by atoms with van der Waals surface area (Å²) in [5.41, 5.74) is 0. The average molecular weight is 266 g/mol. The van der Waals surface area contributed by atoms with E-state index in [1.165, 1.54) is 6.33 Å². The second kappa shape index (κ2) is 6.31. The van der Waals surface area contributed by atoms with E-state index in [9.17, 15) is 9.59 Å². The monoisotopic (exact) mass is 266 g/mol. The molecule has 19 heavy (non-hydrogen) atoms. The summed E-state index contributed by atoms with van der Waals surface area (Å²) in [7, 11) is 0. The van der Waals surface area contributed by atoms with Crippen LogP contribution in [-0.2, 0) is 16.0 Å². The lowest BCUT2D eigenvalue weighted by Gasteiger charge is -2.27. The van der Waals surface area contributed by atoms with Gasteiger partial charge in [0.25, 0.3) is 0 Å². The molecule has 0 radical (unpaired) electrons. The fourth-order valence-electron chi connectivity index (χ4n) is 2.53. The molecule has 0 saturated heterocycles. The summed E-state index contributed by atoms with van der Waals surface area (Å²) in [5.74, 6) is -1.26. The van der Waals surface area contributed by atoms with Crippen molar-refractivity contribution in [3.63, 3.8) is 0 Å². The SMILES string of the molecule is O=C(O)C1CCCCC1C(=O)NCCc1ncn[nH]1. The van der Waals surface area contributed by atoms with Gasteiger partial charge in [-0.3, -0.25) is 14.7 Å². The number of amides is 1. The average Bonchev–Trinajstić information content (AvgIpc) is 2.91. The smallest absolute Gasteiger partial charge is 0.307 e. The quantitative estimate of drug-likeness (QED) is 0.713. The van der Waals surface area contributed by atoms with Crippen LogP contribution in [0.2, 0.25) is 0 Å². The van der Waals surface area contributed by atoms with Crippen LogP contribution in [0.5, 0.6) is 0 Å². The Hall–Kier alpha value is -1.92. The van der Waals surface area contributed by atoms with E-state index in [1.807, 2.05) is 0 Å². The third kappa shape index (κ3) is 3.52. The van der Waals surface area contributed by atoms with Crippen LogP contribution in [-0.4, -0.2) is 38.7 Å². The van der Waals surface area contributed by atoms with Crippen LogP contribution in [0.15, 0.2) is 6.33 Å². The van der Waals surface area contributed by atoms with Crippen LogP contribution in [0.1, 0.15) is 31.5 Å². The molecule has 104 valence electrons. The first kappa shape index (κ1) is 13.5. The van der Waals surface area contributed by atoms with Crippen LogP contribution in [0, 0.1) is 11.8 Å². The molecule has 0 spiro atoms. The van der Waals surface area contributed by atoms with Crippen LogP contribution >= 0.6 is 0 Å². The molecule has 2 unspecified atom stereocenters. The molecule has 2 rings (SSSR count). The zero-order valence-corrected chi connectivity index (χ0v) is 10.6. The van der Waals surface area contributed by atoms with Crippen LogP contribution in [0.25, 0.3) is 0 Å². The molecular formula is C12H18N4O3. The van der Waals surface area contributed by atoms with Crippen molar-refractivity contribution in [1.82, 2.24) is 20.5 Å². The van der Waals surface area contributed by atoms with E-state index < -0.39 is 17.8 Å². The zero-order valence-electron chi connectivity index (χ0n) is 10.6. The molecule has 2 atom stereocenters. The molecule has 1 aliphatic carbocycles. The number of aromatic nitrogens is 3. The summed E-state index contributed by atoms with van der Waals surface area (Å²) in [6.45, 7) is 0.441. The van der Waals surface area contributed by atoms with Crippen LogP contribution in [0.3, 0.4) is 0 Å². The molecule has 0 aliphatic heterocycles. The number of aliphatic carboxylic acids is 1. The molecule has 1 fully saturated rings.